The predicted molar refractivity (Wildman–Crippen MR) is 121 cm³/mol. The van der Waals surface area contributed by atoms with E-state index in [-0.39, 0.29) is 29.3 Å². The van der Waals surface area contributed by atoms with Crippen LogP contribution in [0.5, 0.6) is 0 Å². The van der Waals surface area contributed by atoms with Crippen molar-refractivity contribution in [3.8, 4) is 0 Å². The van der Waals surface area contributed by atoms with Gasteiger partial charge in [0.25, 0.3) is 0 Å². The van der Waals surface area contributed by atoms with Gasteiger partial charge in [-0.1, -0.05) is 55.8 Å². The number of ether oxygens (including phenoxy) is 1. The molecule has 0 bridgehead atoms. The molecule has 0 unspecified atom stereocenters. The highest BCUT2D eigenvalue weighted by molar-refractivity contribution is 5.76. The van der Waals surface area contributed by atoms with Gasteiger partial charge in [0.1, 0.15) is 12.0 Å². The molecule has 0 spiro atoms. The number of fused-ring (bicyclic) bond motifs is 2. The highest BCUT2D eigenvalue weighted by atomic mass is 16.6. The number of hydrogen-bond donors (Lipinski definition) is 2. The molecule has 2 saturated heterocycles. The zero-order valence-electron chi connectivity index (χ0n) is 19.1. The molecule has 2 heterocycles. The maximum Gasteiger partial charge on any atom is 0.315 e. The number of carbonyl (C=O) groups excluding carboxylic acids is 1. The van der Waals surface area contributed by atoms with Gasteiger partial charge < -0.3 is 14.7 Å². The molecule has 3 fully saturated rings. The van der Waals surface area contributed by atoms with E-state index < -0.39 is 6.10 Å². The summed E-state index contributed by atoms with van der Waals surface area (Å²) in [5, 5.41) is 11.5. The summed E-state index contributed by atoms with van der Waals surface area (Å²) in [6.07, 6.45) is 8.29. The van der Waals surface area contributed by atoms with E-state index in [1.807, 2.05) is 0 Å². The maximum absolute atomic E-state index is 12.9. The van der Waals surface area contributed by atoms with Crippen LogP contribution in [-0.2, 0) is 16.0 Å². The third kappa shape index (κ3) is 3.76. The summed E-state index contributed by atoms with van der Waals surface area (Å²) >= 11 is 0. The molecule has 0 aromatic heterocycles. The van der Waals surface area contributed by atoms with Crippen molar-refractivity contribution in [3.05, 3.63) is 47.5 Å². The van der Waals surface area contributed by atoms with E-state index in [1.165, 1.54) is 28.9 Å². The summed E-state index contributed by atoms with van der Waals surface area (Å²) in [5.74, 6) is 0.909. The van der Waals surface area contributed by atoms with E-state index in [9.17, 15) is 9.90 Å². The van der Waals surface area contributed by atoms with Crippen molar-refractivity contribution in [3.63, 3.8) is 0 Å². The highest BCUT2D eigenvalue weighted by Crippen LogP contribution is 2.55. The Morgan fingerprint density at radius 1 is 1.16 bits per heavy atom. The Labute approximate surface area is 186 Å². The fourth-order valence-corrected chi connectivity index (χ4v) is 7.05. The first-order valence-electron chi connectivity index (χ1n) is 12.4. The van der Waals surface area contributed by atoms with Crippen molar-refractivity contribution in [2.75, 3.05) is 19.6 Å². The van der Waals surface area contributed by atoms with Crippen molar-refractivity contribution in [2.45, 2.75) is 64.6 Å². The van der Waals surface area contributed by atoms with Gasteiger partial charge in [-0.2, -0.15) is 0 Å². The normalized spacial score (nSPS) is 42.4. The average molecular weight is 425 g/mol. The minimum absolute atomic E-state index is 0.0512. The van der Waals surface area contributed by atoms with Crippen molar-refractivity contribution >= 4 is 5.97 Å². The number of quaternary nitrogens is 1. The SMILES string of the molecule is C[C@@H]1CCC=C2C[C@H]3OC(=O)[C@@H](C[NH+]4CCC(Cc5ccccc5)CC4)[C@H]3[C@@H](O)[C@@]21C. The lowest BCUT2D eigenvalue weighted by Crippen LogP contribution is -3.14. The fraction of sp³-hybridized carbons (Fsp3) is 0.667. The van der Waals surface area contributed by atoms with Gasteiger partial charge in [0, 0.05) is 17.8 Å². The van der Waals surface area contributed by atoms with Crippen LogP contribution < -0.4 is 4.90 Å². The van der Waals surface area contributed by atoms with Crippen molar-refractivity contribution < 1.29 is 19.5 Å². The highest BCUT2D eigenvalue weighted by Gasteiger charge is 2.60. The molecule has 168 valence electrons. The van der Waals surface area contributed by atoms with Crippen LogP contribution in [-0.4, -0.2) is 42.9 Å². The molecular formula is C27H38NO3+. The molecule has 6 atom stereocenters. The average Bonchev–Trinajstić information content (AvgIpc) is 3.07. The molecule has 5 rings (SSSR count). The molecule has 0 amide bonds. The Morgan fingerprint density at radius 3 is 2.65 bits per heavy atom. The molecule has 2 aliphatic carbocycles. The first-order valence-corrected chi connectivity index (χ1v) is 12.4. The van der Waals surface area contributed by atoms with Crippen LogP contribution in [0.2, 0.25) is 0 Å². The second-order valence-corrected chi connectivity index (χ2v) is 10.9. The lowest BCUT2D eigenvalue weighted by Gasteiger charge is -2.51. The lowest BCUT2D eigenvalue weighted by molar-refractivity contribution is -0.909. The monoisotopic (exact) mass is 424 g/mol. The molecular weight excluding hydrogens is 386 g/mol. The quantitative estimate of drug-likeness (QED) is 0.577. The van der Waals surface area contributed by atoms with Gasteiger partial charge >= 0.3 is 5.97 Å². The number of aliphatic hydroxyl groups excluding tert-OH is 1. The second kappa shape index (κ2) is 8.37. The molecule has 2 aliphatic heterocycles. The van der Waals surface area contributed by atoms with Crippen molar-refractivity contribution in [1.29, 1.82) is 0 Å². The third-order valence-corrected chi connectivity index (χ3v) is 9.26. The Balaban J connectivity index is 1.24. The van der Waals surface area contributed by atoms with E-state index >= 15 is 0 Å². The van der Waals surface area contributed by atoms with Crippen LogP contribution >= 0.6 is 0 Å². The number of nitrogens with one attached hydrogen (secondary N) is 1. The van der Waals surface area contributed by atoms with Gasteiger partial charge in [0.2, 0.25) is 0 Å². The summed E-state index contributed by atoms with van der Waals surface area (Å²) in [6.45, 7) is 7.55. The third-order valence-electron chi connectivity index (χ3n) is 9.26. The second-order valence-electron chi connectivity index (χ2n) is 10.9. The molecule has 1 saturated carbocycles. The molecule has 4 heteroatoms. The summed E-state index contributed by atoms with van der Waals surface area (Å²) in [6, 6.07) is 10.8. The minimum atomic E-state index is -0.487. The number of piperidine rings is 1. The maximum atomic E-state index is 12.9. The molecule has 4 nitrogen and oxygen atoms in total. The number of likely N-dealkylation sites (tertiary alicyclic amines) is 1. The van der Waals surface area contributed by atoms with Crippen LogP contribution in [0.25, 0.3) is 0 Å². The van der Waals surface area contributed by atoms with Crippen molar-refractivity contribution in [1.82, 2.24) is 0 Å². The Morgan fingerprint density at radius 2 is 1.90 bits per heavy atom. The van der Waals surface area contributed by atoms with E-state index in [0.29, 0.717) is 5.92 Å². The Kier molecular flexibility index (Phi) is 5.72. The standard InChI is InChI=1S/C27H37NO3/c1-18-7-6-10-21-16-23-24(25(29)27(18,21)2)22(26(30)31-23)17-28-13-11-20(12-14-28)15-19-8-4-3-5-9-19/h3-5,8-10,18,20,22-25,29H,6-7,11-17H2,1-2H3/p+1/t18-,22+,23-,24-,25-,27-/m1/s1. The zero-order valence-corrected chi connectivity index (χ0v) is 19.1. The molecule has 1 aromatic carbocycles. The van der Waals surface area contributed by atoms with Gasteiger partial charge in [-0.3, -0.25) is 4.79 Å². The van der Waals surface area contributed by atoms with Gasteiger partial charge in [-0.05, 0) is 49.5 Å². The van der Waals surface area contributed by atoms with E-state index in [0.717, 1.165) is 51.2 Å². The number of aliphatic hydroxyl groups is 1. The van der Waals surface area contributed by atoms with Crippen LogP contribution in [0.1, 0.15) is 51.5 Å². The van der Waals surface area contributed by atoms with Crippen LogP contribution in [0.3, 0.4) is 0 Å². The number of allylic oxidation sites excluding steroid dienone is 1. The Bertz CT molecular complexity index is 828. The van der Waals surface area contributed by atoms with E-state index in [4.69, 9.17) is 4.74 Å². The first-order chi connectivity index (χ1) is 15.0. The number of rotatable bonds is 4. The predicted octanol–water partition coefficient (Wildman–Crippen LogP) is 2.81. The zero-order chi connectivity index (χ0) is 21.6. The van der Waals surface area contributed by atoms with E-state index in [2.05, 4.69) is 50.3 Å². The van der Waals surface area contributed by atoms with Crippen LogP contribution in [0.15, 0.2) is 42.0 Å². The summed E-state index contributed by atoms with van der Waals surface area (Å²) in [4.78, 5) is 14.4. The number of esters is 1. The summed E-state index contributed by atoms with van der Waals surface area (Å²) < 4.78 is 5.87. The molecule has 4 aliphatic rings. The van der Waals surface area contributed by atoms with Gasteiger partial charge in [-0.25, -0.2) is 0 Å². The fourth-order valence-electron chi connectivity index (χ4n) is 7.05. The van der Waals surface area contributed by atoms with Crippen LogP contribution in [0, 0.1) is 29.1 Å². The largest absolute Gasteiger partial charge is 0.461 e. The minimum Gasteiger partial charge on any atom is -0.461 e. The van der Waals surface area contributed by atoms with Crippen molar-refractivity contribution in [2.24, 2.45) is 29.1 Å². The topological polar surface area (TPSA) is 51.0 Å². The summed E-state index contributed by atoms with van der Waals surface area (Å²) in [5.41, 5.74) is 2.55. The molecule has 0 radical (unpaired) electrons. The van der Waals surface area contributed by atoms with E-state index in [1.54, 1.807) is 0 Å². The number of benzene rings is 1. The van der Waals surface area contributed by atoms with Gasteiger partial charge in [0.15, 0.2) is 0 Å². The lowest BCUT2D eigenvalue weighted by atomic mass is 9.55. The number of hydrogen-bond acceptors (Lipinski definition) is 3. The first kappa shape index (κ1) is 21.2. The molecule has 1 aromatic rings. The van der Waals surface area contributed by atoms with Gasteiger partial charge in [0.05, 0.1) is 25.7 Å². The number of carbonyl (C=O) groups is 1. The summed E-state index contributed by atoms with van der Waals surface area (Å²) in [7, 11) is 0. The van der Waals surface area contributed by atoms with Crippen LogP contribution in [0.4, 0.5) is 0 Å². The Hall–Kier alpha value is -1.65. The molecule has 31 heavy (non-hydrogen) atoms. The smallest absolute Gasteiger partial charge is 0.315 e. The molecule has 2 N–H and O–H groups in total. The van der Waals surface area contributed by atoms with Gasteiger partial charge in [-0.15, -0.1) is 0 Å².